The van der Waals surface area contributed by atoms with Gasteiger partial charge in [0.15, 0.2) is 9.84 Å². The van der Waals surface area contributed by atoms with Crippen LogP contribution in [0.1, 0.15) is 19.4 Å². The first-order valence-corrected chi connectivity index (χ1v) is 7.61. The van der Waals surface area contributed by atoms with Crippen molar-refractivity contribution in [2.24, 2.45) is 5.73 Å². The molecule has 1 aromatic carbocycles. The Kier molecular flexibility index (Phi) is 4.23. The number of sulfone groups is 1. The number of halogens is 1. The van der Waals surface area contributed by atoms with E-state index in [0.717, 1.165) is 5.56 Å². The van der Waals surface area contributed by atoms with Gasteiger partial charge in [0.1, 0.15) is 0 Å². The van der Waals surface area contributed by atoms with E-state index in [-0.39, 0.29) is 0 Å². The topological polar surface area (TPSA) is 60.2 Å². The molecule has 0 aliphatic rings. The zero-order valence-corrected chi connectivity index (χ0v) is 11.8. The summed E-state index contributed by atoms with van der Waals surface area (Å²) >= 11 is 5.87. The van der Waals surface area contributed by atoms with Crippen LogP contribution in [0.25, 0.3) is 0 Å². The smallest absolute Gasteiger partial charge is 0.154 e. The molecule has 1 unspecified atom stereocenters. The van der Waals surface area contributed by atoms with Crippen molar-refractivity contribution in [1.29, 1.82) is 0 Å². The van der Waals surface area contributed by atoms with Crippen molar-refractivity contribution in [3.8, 4) is 0 Å². The average molecular weight is 276 g/mol. The Morgan fingerprint density at radius 3 is 2.47 bits per heavy atom. The van der Waals surface area contributed by atoms with Crippen LogP contribution in [0.4, 0.5) is 0 Å². The average Bonchev–Trinajstić information content (AvgIpc) is 2.15. The van der Waals surface area contributed by atoms with Crippen LogP contribution < -0.4 is 5.73 Å². The molecular weight excluding hydrogens is 258 g/mol. The molecule has 0 aliphatic heterocycles. The third-order valence-corrected chi connectivity index (χ3v) is 5.64. The van der Waals surface area contributed by atoms with Crippen molar-refractivity contribution in [3.05, 3.63) is 34.9 Å². The van der Waals surface area contributed by atoms with E-state index in [4.69, 9.17) is 17.3 Å². The van der Waals surface area contributed by atoms with Crippen molar-refractivity contribution in [2.75, 3.05) is 6.26 Å². The summed E-state index contributed by atoms with van der Waals surface area (Å²) < 4.78 is 22.3. The Morgan fingerprint density at radius 2 is 2.00 bits per heavy atom. The lowest BCUT2D eigenvalue weighted by molar-refractivity contribution is 0.482. The first-order valence-electron chi connectivity index (χ1n) is 5.34. The zero-order valence-electron chi connectivity index (χ0n) is 10.3. The molecule has 1 aromatic rings. The molecule has 1 atom stereocenters. The summed E-state index contributed by atoms with van der Waals surface area (Å²) in [6, 6.07) is 6.84. The van der Waals surface area contributed by atoms with Crippen LogP contribution in [0.3, 0.4) is 0 Å². The Balaban J connectivity index is 2.90. The van der Waals surface area contributed by atoms with E-state index in [1.165, 1.54) is 6.26 Å². The minimum atomic E-state index is -3.19. The van der Waals surface area contributed by atoms with E-state index in [1.807, 2.05) is 12.1 Å². The number of hydrogen-bond donors (Lipinski definition) is 1. The first kappa shape index (κ1) is 14.5. The molecule has 96 valence electrons. The Labute approximate surface area is 108 Å². The largest absolute Gasteiger partial charge is 0.326 e. The number of hydrogen-bond acceptors (Lipinski definition) is 3. The molecule has 0 radical (unpaired) electrons. The quantitative estimate of drug-likeness (QED) is 0.915. The second kappa shape index (κ2) is 4.96. The molecule has 0 aromatic heterocycles. The minimum Gasteiger partial charge on any atom is -0.326 e. The van der Waals surface area contributed by atoms with Crippen LogP contribution in [0.2, 0.25) is 5.02 Å². The Hall–Kier alpha value is -0.580. The summed E-state index contributed by atoms with van der Waals surface area (Å²) in [5, 5.41) is 0.631. The van der Waals surface area contributed by atoms with Crippen LogP contribution in [-0.4, -0.2) is 25.5 Å². The fraction of sp³-hybridized carbons (Fsp3) is 0.500. The SMILES string of the molecule is CC(C)(C(N)Cc1cccc(Cl)c1)S(C)(=O)=O. The summed E-state index contributed by atoms with van der Waals surface area (Å²) in [6.07, 6.45) is 1.70. The summed E-state index contributed by atoms with van der Waals surface area (Å²) in [6.45, 7) is 3.30. The van der Waals surface area contributed by atoms with E-state index in [2.05, 4.69) is 0 Å². The maximum absolute atomic E-state index is 11.6. The molecule has 0 amide bonds. The van der Waals surface area contributed by atoms with Crippen LogP contribution in [0.15, 0.2) is 24.3 Å². The van der Waals surface area contributed by atoms with E-state index < -0.39 is 20.6 Å². The Bertz CT molecular complexity index is 497. The number of rotatable bonds is 4. The van der Waals surface area contributed by atoms with Gasteiger partial charge in [0.25, 0.3) is 0 Å². The lowest BCUT2D eigenvalue weighted by Crippen LogP contribution is -2.49. The molecule has 17 heavy (non-hydrogen) atoms. The Morgan fingerprint density at radius 1 is 1.41 bits per heavy atom. The molecule has 5 heteroatoms. The number of nitrogens with two attached hydrogens (primary N) is 1. The highest BCUT2D eigenvalue weighted by atomic mass is 35.5. The molecule has 0 fully saturated rings. The highest BCUT2D eigenvalue weighted by molar-refractivity contribution is 7.92. The zero-order chi connectivity index (χ0) is 13.3. The minimum absolute atomic E-state index is 0.462. The predicted octanol–water partition coefficient (Wildman–Crippen LogP) is 2.03. The highest BCUT2D eigenvalue weighted by Crippen LogP contribution is 2.22. The first-order chi connectivity index (χ1) is 7.64. The molecule has 0 heterocycles. The molecule has 0 saturated heterocycles. The van der Waals surface area contributed by atoms with Gasteiger partial charge in [-0.2, -0.15) is 0 Å². The second-order valence-electron chi connectivity index (χ2n) is 4.82. The standard InChI is InChI=1S/C12H18ClNO2S/c1-12(2,17(3,15)16)11(14)8-9-5-4-6-10(13)7-9/h4-7,11H,8,14H2,1-3H3. The molecule has 0 aliphatic carbocycles. The molecule has 1 rings (SSSR count). The fourth-order valence-electron chi connectivity index (χ4n) is 1.44. The molecule has 2 N–H and O–H groups in total. The van der Waals surface area contributed by atoms with Crippen LogP contribution >= 0.6 is 11.6 Å². The molecule has 0 saturated carbocycles. The van der Waals surface area contributed by atoms with Crippen molar-refractivity contribution in [2.45, 2.75) is 31.1 Å². The monoisotopic (exact) mass is 275 g/mol. The van der Waals surface area contributed by atoms with Gasteiger partial charge >= 0.3 is 0 Å². The summed E-state index contributed by atoms with van der Waals surface area (Å²) in [4.78, 5) is 0. The maximum Gasteiger partial charge on any atom is 0.154 e. The van der Waals surface area contributed by atoms with Gasteiger partial charge in [0, 0.05) is 17.3 Å². The van der Waals surface area contributed by atoms with Gasteiger partial charge in [-0.05, 0) is 38.0 Å². The van der Waals surface area contributed by atoms with Gasteiger partial charge in [-0.3, -0.25) is 0 Å². The molecule has 3 nitrogen and oxygen atoms in total. The fourth-order valence-corrected chi connectivity index (χ4v) is 2.28. The van der Waals surface area contributed by atoms with Gasteiger partial charge in [0.05, 0.1) is 4.75 Å². The van der Waals surface area contributed by atoms with Crippen molar-refractivity contribution < 1.29 is 8.42 Å². The van der Waals surface area contributed by atoms with Crippen molar-refractivity contribution in [1.82, 2.24) is 0 Å². The second-order valence-corrected chi connectivity index (χ2v) is 7.85. The van der Waals surface area contributed by atoms with Gasteiger partial charge in [-0.15, -0.1) is 0 Å². The highest BCUT2D eigenvalue weighted by Gasteiger charge is 2.36. The van der Waals surface area contributed by atoms with Gasteiger partial charge in [0.2, 0.25) is 0 Å². The lowest BCUT2D eigenvalue weighted by atomic mass is 9.96. The predicted molar refractivity (Wildman–Crippen MR) is 72.1 cm³/mol. The van der Waals surface area contributed by atoms with E-state index >= 15 is 0 Å². The van der Waals surface area contributed by atoms with Crippen molar-refractivity contribution in [3.63, 3.8) is 0 Å². The molecule has 0 bridgehead atoms. The van der Waals surface area contributed by atoms with Gasteiger partial charge in [-0.25, -0.2) is 8.42 Å². The van der Waals surface area contributed by atoms with Crippen molar-refractivity contribution >= 4 is 21.4 Å². The number of benzene rings is 1. The third-order valence-electron chi connectivity index (χ3n) is 3.19. The molecular formula is C12H18ClNO2S. The van der Waals surface area contributed by atoms with Crippen LogP contribution in [0, 0.1) is 0 Å². The van der Waals surface area contributed by atoms with Gasteiger partial charge < -0.3 is 5.73 Å². The normalized spacial score (nSPS) is 14.6. The van der Waals surface area contributed by atoms with E-state index in [1.54, 1.807) is 26.0 Å². The maximum atomic E-state index is 11.6. The lowest BCUT2D eigenvalue weighted by Gasteiger charge is -2.29. The third kappa shape index (κ3) is 3.44. The van der Waals surface area contributed by atoms with E-state index in [9.17, 15) is 8.42 Å². The summed E-state index contributed by atoms with van der Waals surface area (Å²) in [7, 11) is -3.19. The summed E-state index contributed by atoms with van der Waals surface area (Å²) in [5.74, 6) is 0. The van der Waals surface area contributed by atoms with E-state index in [0.29, 0.717) is 11.4 Å². The molecule has 0 spiro atoms. The van der Waals surface area contributed by atoms with Crippen LogP contribution in [0.5, 0.6) is 0 Å². The van der Waals surface area contributed by atoms with Gasteiger partial charge in [-0.1, -0.05) is 23.7 Å². The van der Waals surface area contributed by atoms with Crippen LogP contribution in [-0.2, 0) is 16.3 Å². The summed E-state index contributed by atoms with van der Waals surface area (Å²) in [5.41, 5.74) is 6.94.